The van der Waals surface area contributed by atoms with Gasteiger partial charge in [-0.3, -0.25) is 4.79 Å². The third-order valence-corrected chi connectivity index (χ3v) is 4.71. The summed E-state index contributed by atoms with van der Waals surface area (Å²) in [5.41, 5.74) is 2.30. The van der Waals surface area contributed by atoms with Crippen LogP contribution in [0.3, 0.4) is 0 Å². The minimum Gasteiger partial charge on any atom is -0.492 e. The molecular weight excluding hydrogens is 378 g/mol. The van der Waals surface area contributed by atoms with Gasteiger partial charge in [0.15, 0.2) is 0 Å². The van der Waals surface area contributed by atoms with Crippen LogP contribution in [-0.2, 0) is 16.6 Å². The van der Waals surface area contributed by atoms with Crippen LogP contribution in [0, 0.1) is 0 Å². The van der Waals surface area contributed by atoms with Crippen molar-refractivity contribution < 1.29 is 14.1 Å². The van der Waals surface area contributed by atoms with Crippen molar-refractivity contribution in [3.05, 3.63) is 66.1 Å². The molecule has 0 aliphatic heterocycles. The highest BCUT2D eigenvalue weighted by Crippen LogP contribution is 2.24. The Morgan fingerprint density at radius 2 is 1.80 bits per heavy atom. The van der Waals surface area contributed by atoms with Gasteiger partial charge in [0.1, 0.15) is 12.4 Å². The lowest BCUT2D eigenvalue weighted by Gasteiger charge is -2.19. The Labute approximate surface area is 177 Å². The normalized spacial score (nSPS) is 11.3. The van der Waals surface area contributed by atoms with Gasteiger partial charge in [0.05, 0.1) is 6.54 Å². The van der Waals surface area contributed by atoms with Crippen molar-refractivity contribution in [3.8, 4) is 17.1 Å². The fraction of sp³-hybridized carbons (Fsp3) is 0.375. The number of nitrogens with zero attached hydrogens (tertiary/aromatic N) is 2. The van der Waals surface area contributed by atoms with Crippen LogP contribution in [0.4, 0.5) is 0 Å². The second-order valence-corrected chi connectivity index (χ2v) is 8.20. The lowest BCUT2D eigenvalue weighted by molar-refractivity contribution is -0.121. The summed E-state index contributed by atoms with van der Waals surface area (Å²) in [5, 5.41) is 6.86. The molecule has 0 aliphatic rings. The molecule has 3 aromatic rings. The van der Waals surface area contributed by atoms with E-state index in [9.17, 15) is 4.79 Å². The second kappa shape index (κ2) is 10.1. The van der Waals surface area contributed by atoms with Crippen molar-refractivity contribution >= 4 is 5.91 Å². The van der Waals surface area contributed by atoms with Crippen molar-refractivity contribution in [2.24, 2.45) is 0 Å². The maximum absolute atomic E-state index is 12.0. The number of nitrogens with one attached hydrogen (secondary N) is 1. The molecule has 0 bridgehead atoms. The minimum absolute atomic E-state index is 0.00974. The van der Waals surface area contributed by atoms with Crippen molar-refractivity contribution in [1.82, 2.24) is 15.5 Å². The topological polar surface area (TPSA) is 77.2 Å². The van der Waals surface area contributed by atoms with Crippen LogP contribution in [0.2, 0.25) is 0 Å². The molecule has 1 aromatic heterocycles. The zero-order valence-corrected chi connectivity index (χ0v) is 17.9. The van der Waals surface area contributed by atoms with E-state index in [0.717, 1.165) is 11.3 Å². The first-order valence-electron chi connectivity index (χ1n) is 10.3. The van der Waals surface area contributed by atoms with Gasteiger partial charge in [0.2, 0.25) is 17.6 Å². The number of ether oxygens (including phenoxy) is 1. The smallest absolute Gasteiger partial charge is 0.226 e. The zero-order valence-electron chi connectivity index (χ0n) is 17.9. The number of amides is 1. The highest BCUT2D eigenvalue weighted by molar-refractivity contribution is 5.75. The quantitative estimate of drug-likeness (QED) is 0.527. The predicted molar refractivity (Wildman–Crippen MR) is 116 cm³/mol. The van der Waals surface area contributed by atoms with Crippen LogP contribution in [0.25, 0.3) is 11.4 Å². The molecule has 0 fully saturated rings. The Hall–Kier alpha value is -3.15. The fourth-order valence-electron chi connectivity index (χ4n) is 2.96. The highest BCUT2D eigenvalue weighted by atomic mass is 16.5. The van der Waals surface area contributed by atoms with Crippen molar-refractivity contribution in [2.45, 2.75) is 45.4 Å². The average Bonchev–Trinajstić information content (AvgIpc) is 3.20. The summed E-state index contributed by atoms with van der Waals surface area (Å²) in [5.74, 6) is 1.92. The second-order valence-electron chi connectivity index (χ2n) is 8.20. The first kappa shape index (κ1) is 21.6. The fourth-order valence-corrected chi connectivity index (χ4v) is 2.96. The number of aromatic nitrogens is 2. The van der Waals surface area contributed by atoms with Crippen molar-refractivity contribution in [3.63, 3.8) is 0 Å². The Kier molecular flexibility index (Phi) is 7.22. The molecule has 1 N–H and O–H groups in total. The van der Waals surface area contributed by atoms with Gasteiger partial charge in [-0.05, 0) is 29.5 Å². The van der Waals surface area contributed by atoms with Gasteiger partial charge in [-0.15, -0.1) is 0 Å². The van der Waals surface area contributed by atoms with Gasteiger partial charge >= 0.3 is 0 Å². The van der Waals surface area contributed by atoms with Crippen LogP contribution >= 0.6 is 0 Å². The molecule has 0 radical (unpaired) electrons. The Balaban J connectivity index is 1.31. The summed E-state index contributed by atoms with van der Waals surface area (Å²) in [6, 6.07) is 17.8. The molecule has 1 amide bonds. The Morgan fingerprint density at radius 1 is 1.07 bits per heavy atom. The molecule has 6 heteroatoms. The van der Waals surface area contributed by atoms with E-state index in [0.29, 0.717) is 44.1 Å². The van der Waals surface area contributed by atoms with Gasteiger partial charge in [0.25, 0.3) is 0 Å². The van der Waals surface area contributed by atoms with E-state index >= 15 is 0 Å². The molecule has 2 aromatic carbocycles. The lowest BCUT2D eigenvalue weighted by atomic mass is 9.87. The lowest BCUT2D eigenvalue weighted by Crippen LogP contribution is -2.27. The number of rotatable bonds is 9. The van der Waals surface area contributed by atoms with Gasteiger partial charge < -0.3 is 14.6 Å². The van der Waals surface area contributed by atoms with E-state index in [2.05, 4.69) is 48.4 Å². The summed E-state index contributed by atoms with van der Waals surface area (Å²) in [6.45, 7) is 7.44. The summed E-state index contributed by atoms with van der Waals surface area (Å²) in [4.78, 5) is 16.4. The molecule has 0 atom stereocenters. The molecular formula is C24H29N3O3. The molecule has 0 aliphatic carbocycles. The molecule has 0 unspecified atom stereocenters. The first-order valence-corrected chi connectivity index (χ1v) is 10.3. The number of aryl methyl sites for hydroxylation is 1. The SMILES string of the molecule is CC(C)(C)c1ccc(OCCNC(=O)CCCc2nc(-c3ccccc3)no2)cc1. The molecule has 6 nitrogen and oxygen atoms in total. The van der Waals surface area contributed by atoms with Crippen LogP contribution in [-0.4, -0.2) is 29.2 Å². The van der Waals surface area contributed by atoms with Gasteiger partial charge in [-0.2, -0.15) is 4.98 Å². The third-order valence-electron chi connectivity index (χ3n) is 4.71. The number of hydrogen-bond acceptors (Lipinski definition) is 5. The van der Waals surface area contributed by atoms with E-state index in [1.165, 1.54) is 5.56 Å². The molecule has 158 valence electrons. The minimum atomic E-state index is -0.00974. The van der Waals surface area contributed by atoms with Gasteiger partial charge in [-0.25, -0.2) is 0 Å². The van der Waals surface area contributed by atoms with Crippen LogP contribution in [0.15, 0.2) is 59.1 Å². The third kappa shape index (κ3) is 6.44. The molecule has 3 rings (SSSR count). The molecule has 0 saturated carbocycles. The number of benzene rings is 2. The van der Waals surface area contributed by atoms with E-state index in [1.54, 1.807) is 0 Å². The van der Waals surface area contributed by atoms with Gasteiger partial charge in [0, 0.05) is 18.4 Å². The summed E-state index contributed by atoms with van der Waals surface area (Å²) in [6.07, 6.45) is 1.63. The van der Waals surface area contributed by atoms with E-state index in [1.807, 2.05) is 42.5 Å². The van der Waals surface area contributed by atoms with Crippen LogP contribution in [0.1, 0.15) is 45.1 Å². The van der Waals surface area contributed by atoms with E-state index in [-0.39, 0.29) is 11.3 Å². The number of carbonyl (C=O) groups excluding carboxylic acids is 1. The molecule has 1 heterocycles. The number of carbonyl (C=O) groups is 1. The Bertz CT molecular complexity index is 928. The summed E-state index contributed by atoms with van der Waals surface area (Å²) >= 11 is 0. The zero-order chi connectivity index (χ0) is 21.4. The monoisotopic (exact) mass is 407 g/mol. The summed E-state index contributed by atoms with van der Waals surface area (Å²) in [7, 11) is 0. The largest absolute Gasteiger partial charge is 0.492 e. The molecule has 0 saturated heterocycles. The van der Waals surface area contributed by atoms with Crippen LogP contribution < -0.4 is 10.1 Å². The molecule has 30 heavy (non-hydrogen) atoms. The standard InChI is InChI=1S/C24H29N3O3/c1-24(2,3)19-12-14-20(15-13-19)29-17-16-25-21(28)10-7-11-22-26-23(27-30-22)18-8-5-4-6-9-18/h4-6,8-9,12-15H,7,10-11,16-17H2,1-3H3,(H,25,28). The highest BCUT2D eigenvalue weighted by Gasteiger charge is 2.13. The first-order chi connectivity index (χ1) is 14.4. The Morgan fingerprint density at radius 3 is 2.50 bits per heavy atom. The maximum Gasteiger partial charge on any atom is 0.226 e. The number of hydrogen-bond donors (Lipinski definition) is 1. The molecule has 0 spiro atoms. The summed E-state index contributed by atoms with van der Waals surface area (Å²) < 4.78 is 11.0. The van der Waals surface area contributed by atoms with Crippen LogP contribution in [0.5, 0.6) is 5.75 Å². The van der Waals surface area contributed by atoms with Crippen molar-refractivity contribution in [1.29, 1.82) is 0 Å². The predicted octanol–water partition coefficient (Wildman–Crippen LogP) is 4.55. The van der Waals surface area contributed by atoms with E-state index in [4.69, 9.17) is 9.26 Å². The maximum atomic E-state index is 12.0. The van der Waals surface area contributed by atoms with E-state index < -0.39 is 0 Å². The van der Waals surface area contributed by atoms with Crippen molar-refractivity contribution in [2.75, 3.05) is 13.2 Å². The average molecular weight is 408 g/mol. The van der Waals surface area contributed by atoms with Gasteiger partial charge in [-0.1, -0.05) is 68.4 Å².